The van der Waals surface area contributed by atoms with Crippen LogP contribution in [0.1, 0.15) is 32.1 Å². The summed E-state index contributed by atoms with van der Waals surface area (Å²) in [6, 6.07) is 0. The first-order valence-electron chi connectivity index (χ1n) is 4.30. The van der Waals surface area contributed by atoms with Gasteiger partial charge in [0, 0.05) is 0 Å². The average molecular weight is 150 g/mol. The molecule has 0 heterocycles. The maximum absolute atomic E-state index is 3.76. The van der Waals surface area contributed by atoms with Crippen LogP contribution in [0.2, 0.25) is 0 Å². The van der Waals surface area contributed by atoms with E-state index in [9.17, 15) is 0 Å². The molecule has 0 aliphatic rings. The predicted octanol–water partition coefficient (Wildman–Crippen LogP) is 3.72. The third-order valence-corrected chi connectivity index (χ3v) is 1.45. The van der Waals surface area contributed by atoms with Gasteiger partial charge in [0.25, 0.3) is 0 Å². The van der Waals surface area contributed by atoms with E-state index in [2.05, 4.69) is 32.1 Å². The summed E-state index contributed by atoms with van der Waals surface area (Å²) in [7, 11) is 0. The molecule has 0 aliphatic heterocycles. The molecule has 0 rings (SSSR count). The van der Waals surface area contributed by atoms with E-state index in [1.165, 1.54) is 12.8 Å². The Morgan fingerprint density at radius 1 is 0.909 bits per heavy atom. The third-order valence-electron chi connectivity index (χ3n) is 1.45. The lowest BCUT2D eigenvalue weighted by molar-refractivity contribution is 0.862. The molecule has 0 saturated carbocycles. The van der Waals surface area contributed by atoms with Crippen LogP contribution in [0.3, 0.4) is 0 Å². The van der Waals surface area contributed by atoms with Gasteiger partial charge in [-0.3, -0.25) is 0 Å². The smallest absolute Gasteiger partial charge is 0.0316 e. The highest BCUT2D eigenvalue weighted by molar-refractivity contribution is 4.86. The third kappa shape index (κ3) is 9.48. The standard InChI is InChI=1S/C11H18/c1-3-5-7-9-11-10-8-6-4-2/h3,5,8,10H,1-2,4,6-7,9,11H2. The summed E-state index contributed by atoms with van der Waals surface area (Å²) in [5, 5.41) is 0. The zero-order valence-electron chi connectivity index (χ0n) is 7.26. The summed E-state index contributed by atoms with van der Waals surface area (Å²) < 4.78 is 0. The van der Waals surface area contributed by atoms with Crippen molar-refractivity contribution in [2.24, 2.45) is 0 Å². The fourth-order valence-electron chi connectivity index (χ4n) is 0.825. The highest BCUT2D eigenvalue weighted by atomic mass is 13.9. The minimum Gasteiger partial charge on any atom is -0.0885 e. The monoisotopic (exact) mass is 150 g/mol. The molecule has 0 aromatic carbocycles. The number of allylic oxidation sites excluding steroid dienone is 4. The van der Waals surface area contributed by atoms with Gasteiger partial charge in [-0.1, -0.05) is 31.2 Å². The molecular formula is C11H18. The van der Waals surface area contributed by atoms with Gasteiger partial charge in [0.15, 0.2) is 0 Å². The van der Waals surface area contributed by atoms with Crippen LogP contribution in [0, 0.1) is 13.8 Å². The Balaban J connectivity index is 3.00. The number of hydrogen-bond donors (Lipinski definition) is 0. The minimum atomic E-state index is 1.01. The Hall–Kier alpha value is -0.520. The van der Waals surface area contributed by atoms with Crippen molar-refractivity contribution in [2.75, 3.05) is 0 Å². The highest BCUT2D eigenvalue weighted by Gasteiger charge is 1.79. The number of rotatable bonds is 6. The van der Waals surface area contributed by atoms with Gasteiger partial charge in [0.05, 0.1) is 0 Å². The van der Waals surface area contributed by atoms with Crippen LogP contribution < -0.4 is 0 Å². The van der Waals surface area contributed by atoms with Crippen molar-refractivity contribution in [2.45, 2.75) is 32.1 Å². The van der Waals surface area contributed by atoms with Crippen molar-refractivity contribution in [1.29, 1.82) is 0 Å². The van der Waals surface area contributed by atoms with Gasteiger partial charge >= 0.3 is 0 Å². The first kappa shape index (κ1) is 10.5. The second-order valence-corrected chi connectivity index (χ2v) is 2.52. The van der Waals surface area contributed by atoms with E-state index >= 15 is 0 Å². The molecule has 0 amide bonds. The average Bonchev–Trinajstić information content (AvgIpc) is 2.03. The summed E-state index contributed by atoms with van der Waals surface area (Å²) in [5.74, 6) is 0. The van der Waals surface area contributed by atoms with Crippen molar-refractivity contribution < 1.29 is 0 Å². The van der Waals surface area contributed by atoms with Gasteiger partial charge in [-0.25, -0.2) is 0 Å². The molecule has 0 heteroatoms. The van der Waals surface area contributed by atoms with Crippen LogP contribution in [0.5, 0.6) is 0 Å². The van der Waals surface area contributed by atoms with E-state index in [-0.39, 0.29) is 0 Å². The number of hydrogen-bond acceptors (Lipinski definition) is 0. The quantitative estimate of drug-likeness (QED) is 0.400. The molecule has 0 bridgehead atoms. The van der Waals surface area contributed by atoms with Gasteiger partial charge in [0.1, 0.15) is 0 Å². The van der Waals surface area contributed by atoms with Crippen LogP contribution in [-0.4, -0.2) is 0 Å². The SMILES string of the molecule is [CH2]C=CCCCC=CCC[CH2]. The molecule has 0 spiro atoms. The maximum Gasteiger partial charge on any atom is -0.0316 e. The Bertz CT molecular complexity index is 109. The summed E-state index contributed by atoms with van der Waals surface area (Å²) in [4.78, 5) is 0. The van der Waals surface area contributed by atoms with Crippen molar-refractivity contribution in [3.63, 3.8) is 0 Å². The molecule has 62 valence electrons. The van der Waals surface area contributed by atoms with E-state index in [4.69, 9.17) is 0 Å². The predicted molar refractivity (Wildman–Crippen MR) is 52.1 cm³/mol. The van der Waals surface area contributed by atoms with Crippen LogP contribution in [0.15, 0.2) is 24.3 Å². The Morgan fingerprint density at radius 2 is 1.55 bits per heavy atom. The molecule has 0 aromatic rings. The van der Waals surface area contributed by atoms with Gasteiger partial charge in [-0.2, -0.15) is 0 Å². The lowest BCUT2D eigenvalue weighted by atomic mass is 10.2. The molecule has 0 N–H and O–H groups in total. The zero-order valence-corrected chi connectivity index (χ0v) is 7.26. The molecule has 0 atom stereocenters. The van der Waals surface area contributed by atoms with E-state index in [1.54, 1.807) is 0 Å². The minimum absolute atomic E-state index is 1.01. The Kier molecular flexibility index (Phi) is 9.03. The van der Waals surface area contributed by atoms with Crippen LogP contribution >= 0.6 is 0 Å². The lowest BCUT2D eigenvalue weighted by Crippen LogP contribution is -1.69. The van der Waals surface area contributed by atoms with Crippen LogP contribution in [-0.2, 0) is 0 Å². The topological polar surface area (TPSA) is 0 Å². The summed E-state index contributed by atoms with van der Waals surface area (Å²) in [6.45, 7) is 7.39. The molecular weight excluding hydrogens is 132 g/mol. The van der Waals surface area contributed by atoms with Crippen molar-refractivity contribution in [3.05, 3.63) is 38.2 Å². The molecule has 0 unspecified atom stereocenters. The van der Waals surface area contributed by atoms with Crippen molar-refractivity contribution in [3.8, 4) is 0 Å². The fraction of sp³-hybridized carbons (Fsp3) is 0.455. The first-order valence-corrected chi connectivity index (χ1v) is 4.30. The molecule has 0 nitrogen and oxygen atoms in total. The van der Waals surface area contributed by atoms with Crippen molar-refractivity contribution >= 4 is 0 Å². The second-order valence-electron chi connectivity index (χ2n) is 2.52. The van der Waals surface area contributed by atoms with Gasteiger partial charge in [-0.05, 0) is 39.0 Å². The van der Waals surface area contributed by atoms with Gasteiger partial charge < -0.3 is 0 Å². The summed E-state index contributed by atoms with van der Waals surface area (Å²) in [5.41, 5.74) is 0. The van der Waals surface area contributed by atoms with Crippen LogP contribution in [0.25, 0.3) is 0 Å². The van der Waals surface area contributed by atoms with E-state index < -0.39 is 0 Å². The molecule has 0 saturated heterocycles. The zero-order chi connectivity index (χ0) is 8.36. The Labute approximate surface area is 71.0 Å². The lowest BCUT2D eigenvalue weighted by Gasteiger charge is -1.89. The molecule has 11 heavy (non-hydrogen) atoms. The van der Waals surface area contributed by atoms with Gasteiger partial charge in [0.2, 0.25) is 0 Å². The maximum atomic E-state index is 3.76. The largest absolute Gasteiger partial charge is 0.0885 e. The van der Waals surface area contributed by atoms with Crippen LogP contribution in [0.4, 0.5) is 0 Å². The molecule has 2 radical (unpaired) electrons. The van der Waals surface area contributed by atoms with E-state index in [0.717, 1.165) is 19.3 Å². The Morgan fingerprint density at radius 3 is 2.18 bits per heavy atom. The summed E-state index contributed by atoms with van der Waals surface area (Å²) >= 11 is 0. The first-order chi connectivity index (χ1) is 5.41. The summed E-state index contributed by atoms with van der Waals surface area (Å²) in [6.07, 6.45) is 14.1. The second kappa shape index (κ2) is 9.48. The van der Waals surface area contributed by atoms with E-state index in [0.29, 0.717) is 0 Å². The molecule has 0 aromatic heterocycles. The van der Waals surface area contributed by atoms with Gasteiger partial charge in [-0.15, -0.1) is 0 Å². The van der Waals surface area contributed by atoms with E-state index in [1.807, 2.05) is 6.08 Å². The molecule has 0 fully saturated rings. The number of unbranched alkanes of at least 4 members (excludes halogenated alkanes) is 3. The normalized spacial score (nSPS) is 11.8. The highest BCUT2D eigenvalue weighted by Crippen LogP contribution is 1.99. The fourth-order valence-corrected chi connectivity index (χ4v) is 0.825. The van der Waals surface area contributed by atoms with Crippen molar-refractivity contribution in [1.82, 2.24) is 0 Å². The molecule has 0 aliphatic carbocycles.